The number of nitrogens with one attached hydrogen (secondary N) is 1. The molecule has 1 aliphatic carbocycles. The quantitative estimate of drug-likeness (QED) is 0.690. The molecule has 1 spiro atoms. The number of anilines is 1. The van der Waals surface area contributed by atoms with Crippen molar-refractivity contribution in [3.05, 3.63) is 52.0 Å². The molecular formula is C24H26ClN3O4. The molecule has 0 radical (unpaired) electrons. The van der Waals surface area contributed by atoms with Crippen LogP contribution in [0.1, 0.15) is 60.1 Å². The van der Waals surface area contributed by atoms with E-state index in [0.29, 0.717) is 25.4 Å². The van der Waals surface area contributed by atoms with Crippen molar-refractivity contribution in [2.24, 2.45) is 5.73 Å². The van der Waals surface area contributed by atoms with Crippen LogP contribution in [0.5, 0.6) is 11.5 Å². The molecule has 7 nitrogen and oxygen atoms in total. The van der Waals surface area contributed by atoms with E-state index in [2.05, 4.69) is 11.4 Å². The summed E-state index contributed by atoms with van der Waals surface area (Å²) in [5.41, 5.74) is 8.38. The first-order chi connectivity index (χ1) is 15.4. The monoisotopic (exact) mass is 455 g/mol. The number of hydrogen-bond donors (Lipinski definition) is 2. The zero-order valence-corrected chi connectivity index (χ0v) is 18.7. The van der Waals surface area contributed by atoms with Crippen LogP contribution < -0.4 is 20.5 Å². The van der Waals surface area contributed by atoms with Gasteiger partial charge in [0.25, 0.3) is 0 Å². The number of amides is 3. The van der Waals surface area contributed by atoms with Gasteiger partial charge < -0.3 is 25.4 Å². The number of benzene rings is 2. The Morgan fingerprint density at radius 2 is 1.81 bits per heavy atom. The van der Waals surface area contributed by atoms with Gasteiger partial charge >= 0.3 is 6.03 Å². The second-order valence-corrected chi connectivity index (χ2v) is 9.27. The minimum absolute atomic E-state index is 0.0809. The van der Waals surface area contributed by atoms with Gasteiger partial charge in [-0.05, 0) is 61.2 Å². The molecule has 2 heterocycles. The van der Waals surface area contributed by atoms with Gasteiger partial charge in [0.2, 0.25) is 5.91 Å². The van der Waals surface area contributed by atoms with E-state index in [-0.39, 0.29) is 28.1 Å². The third-order valence-corrected chi connectivity index (χ3v) is 7.30. The predicted molar refractivity (Wildman–Crippen MR) is 122 cm³/mol. The zero-order chi connectivity index (χ0) is 22.5. The van der Waals surface area contributed by atoms with Gasteiger partial charge in [-0.1, -0.05) is 24.4 Å². The topological polar surface area (TPSA) is 93.9 Å². The van der Waals surface area contributed by atoms with Gasteiger partial charge in [0.1, 0.15) is 13.2 Å². The first-order valence-corrected chi connectivity index (χ1v) is 11.4. The van der Waals surface area contributed by atoms with Crippen molar-refractivity contribution in [1.29, 1.82) is 0 Å². The number of hydrogen-bond acceptors (Lipinski definition) is 4. The largest absolute Gasteiger partial charge is 0.486 e. The Hall–Kier alpha value is -2.93. The average Bonchev–Trinajstić information content (AvgIpc) is 3.24. The van der Waals surface area contributed by atoms with Crippen LogP contribution in [-0.2, 0) is 5.41 Å². The highest BCUT2D eigenvalue weighted by Crippen LogP contribution is 2.52. The van der Waals surface area contributed by atoms with Crippen LogP contribution in [0.4, 0.5) is 10.5 Å². The lowest BCUT2D eigenvalue weighted by Gasteiger charge is -2.46. The Morgan fingerprint density at radius 1 is 1.12 bits per heavy atom. The molecule has 0 saturated heterocycles. The van der Waals surface area contributed by atoms with Gasteiger partial charge in [-0.3, -0.25) is 4.79 Å². The van der Waals surface area contributed by atoms with E-state index in [4.69, 9.17) is 26.8 Å². The molecule has 0 aromatic heterocycles. The number of carbonyl (C=O) groups is 2. The van der Waals surface area contributed by atoms with Crippen molar-refractivity contribution < 1.29 is 19.1 Å². The Labute approximate surface area is 191 Å². The number of nitrogens with two attached hydrogens (primary N) is 1. The highest BCUT2D eigenvalue weighted by Gasteiger charge is 2.46. The third kappa shape index (κ3) is 3.45. The molecule has 0 bridgehead atoms. The number of primary amides is 1. The lowest BCUT2D eigenvalue weighted by molar-refractivity contribution is 0.100. The van der Waals surface area contributed by atoms with Crippen LogP contribution in [0.3, 0.4) is 0 Å². The summed E-state index contributed by atoms with van der Waals surface area (Å²) in [5, 5.41) is 3.15. The number of nitrogens with zero attached hydrogens (tertiary/aromatic N) is 1. The fourth-order valence-corrected chi connectivity index (χ4v) is 5.61. The van der Waals surface area contributed by atoms with Gasteiger partial charge in [0.05, 0.1) is 16.6 Å². The smallest absolute Gasteiger partial charge is 0.322 e. The van der Waals surface area contributed by atoms with E-state index in [1.807, 2.05) is 17.9 Å². The van der Waals surface area contributed by atoms with Crippen LogP contribution in [0.15, 0.2) is 30.3 Å². The van der Waals surface area contributed by atoms with Gasteiger partial charge in [-0.15, -0.1) is 0 Å². The minimum atomic E-state index is -0.605. The molecule has 1 unspecified atom stereocenters. The number of rotatable bonds is 2. The van der Waals surface area contributed by atoms with E-state index < -0.39 is 5.91 Å². The number of ether oxygens (including phenoxy) is 2. The van der Waals surface area contributed by atoms with Gasteiger partial charge in [-0.2, -0.15) is 0 Å². The summed E-state index contributed by atoms with van der Waals surface area (Å²) in [6, 6.07) is 8.57. The Morgan fingerprint density at radius 3 is 2.47 bits per heavy atom. The lowest BCUT2D eigenvalue weighted by Crippen LogP contribution is -2.50. The van der Waals surface area contributed by atoms with Gasteiger partial charge in [0.15, 0.2) is 11.5 Å². The van der Waals surface area contributed by atoms with Crippen LogP contribution in [-0.4, -0.2) is 36.6 Å². The second kappa shape index (κ2) is 7.89. The number of carbonyl (C=O) groups excluding carboxylic acids is 2. The number of fused-ring (bicyclic) bond motifs is 3. The van der Waals surface area contributed by atoms with Crippen molar-refractivity contribution in [2.45, 2.75) is 44.1 Å². The Kier molecular flexibility index (Phi) is 5.16. The minimum Gasteiger partial charge on any atom is -0.486 e. The van der Waals surface area contributed by atoms with E-state index in [0.717, 1.165) is 42.7 Å². The first-order valence-electron chi connectivity index (χ1n) is 11.0. The molecule has 2 aromatic rings. The summed E-state index contributed by atoms with van der Waals surface area (Å²) in [4.78, 5) is 26.7. The molecule has 3 N–H and O–H groups in total. The summed E-state index contributed by atoms with van der Waals surface area (Å²) < 4.78 is 11.7. The fourth-order valence-electron chi connectivity index (χ4n) is 5.34. The predicted octanol–water partition coefficient (Wildman–Crippen LogP) is 4.63. The first kappa shape index (κ1) is 20.9. The molecule has 32 heavy (non-hydrogen) atoms. The molecule has 1 saturated carbocycles. The Balaban J connectivity index is 1.47. The molecule has 2 aromatic carbocycles. The van der Waals surface area contributed by atoms with Gasteiger partial charge in [0, 0.05) is 17.6 Å². The third-order valence-electron chi connectivity index (χ3n) is 6.98. The molecule has 1 fully saturated rings. The highest BCUT2D eigenvalue weighted by atomic mass is 35.5. The summed E-state index contributed by atoms with van der Waals surface area (Å²) in [6.45, 7) is 3.76. The maximum atomic E-state index is 13.4. The van der Waals surface area contributed by atoms with Crippen LogP contribution in [0.2, 0.25) is 5.02 Å². The molecule has 5 rings (SSSR count). The summed E-state index contributed by atoms with van der Waals surface area (Å²) >= 11 is 6.16. The zero-order valence-electron chi connectivity index (χ0n) is 17.9. The van der Waals surface area contributed by atoms with Crippen LogP contribution in [0.25, 0.3) is 0 Å². The van der Waals surface area contributed by atoms with Crippen molar-refractivity contribution in [3.63, 3.8) is 0 Å². The molecule has 3 amide bonds. The number of halogens is 1. The maximum absolute atomic E-state index is 13.4. The van der Waals surface area contributed by atoms with Crippen molar-refractivity contribution in [1.82, 2.24) is 4.90 Å². The summed E-state index contributed by atoms with van der Waals surface area (Å²) in [5.74, 6) is 0.938. The lowest BCUT2D eigenvalue weighted by atomic mass is 9.71. The highest BCUT2D eigenvalue weighted by molar-refractivity contribution is 6.34. The van der Waals surface area contributed by atoms with E-state index in [9.17, 15) is 9.59 Å². The van der Waals surface area contributed by atoms with Crippen molar-refractivity contribution in [2.75, 3.05) is 25.1 Å². The molecule has 1 atom stereocenters. The standard InChI is InChI=1S/C24H26ClN3O4/c1-14-17-11-20-21(32-9-8-31-20)12-18(17)24(6-2-3-7-24)13-28(14)23(30)27-15-4-5-16(22(26)29)19(25)10-15/h4-5,10-12,14H,2-3,6-9,13H2,1H3,(H2,26,29)(H,27,30). The van der Waals surface area contributed by atoms with E-state index in [1.165, 1.54) is 11.6 Å². The van der Waals surface area contributed by atoms with Crippen molar-refractivity contribution in [3.8, 4) is 11.5 Å². The SMILES string of the molecule is CC1c2cc3c(cc2C2(CCCC2)CN1C(=O)Nc1ccc(C(N)=O)c(Cl)c1)OCCO3. The Bertz CT molecular complexity index is 1100. The van der Waals surface area contributed by atoms with Crippen LogP contribution >= 0.6 is 11.6 Å². The van der Waals surface area contributed by atoms with Crippen molar-refractivity contribution >= 4 is 29.2 Å². The van der Waals surface area contributed by atoms with Crippen LogP contribution in [0, 0.1) is 0 Å². The summed E-state index contributed by atoms with van der Waals surface area (Å²) in [6.07, 6.45) is 4.36. The molecular weight excluding hydrogens is 430 g/mol. The fraction of sp³-hybridized carbons (Fsp3) is 0.417. The summed E-state index contributed by atoms with van der Waals surface area (Å²) in [7, 11) is 0. The molecule has 2 aliphatic heterocycles. The molecule has 168 valence electrons. The average molecular weight is 456 g/mol. The second-order valence-electron chi connectivity index (χ2n) is 8.86. The molecule has 3 aliphatic rings. The van der Waals surface area contributed by atoms with E-state index in [1.54, 1.807) is 12.1 Å². The van der Waals surface area contributed by atoms with E-state index >= 15 is 0 Å². The maximum Gasteiger partial charge on any atom is 0.322 e. The normalized spacial score (nSPS) is 20.7. The number of urea groups is 1. The molecule has 8 heteroatoms. The van der Waals surface area contributed by atoms with Gasteiger partial charge in [-0.25, -0.2) is 4.79 Å².